The van der Waals surface area contributed by atoms with Crippen LogP contribution in [0.25, 0.3) is 0 Å². The van der Waals surface area contributed by atoms with Gasteiger partial charge in [-0.3, -0.25) is 15.0 Å². The molecule has 0 saturated heterocycles. The van der Waals surface area contributed by atoms with Crippen molar-refractivity contribution in [3.63, 3.8) is 0 Å². The van der Waals surface area contributed by atoms with Crippen molar-refractivity contribution in [3.05, 3.63) is 53.9 Å². The zero-order chi connectivity index (χ0) is 17.1. The molecule has 0 unspecified atom stereocenters. The van der Waals surface area contributed by atoms with Gasteiger partial charge in [0.05, 0.1) is 6.04 Å². The molecule has 7 heteroatoms. The fourth-order valence-electron chi connectivity index (χ4n) is 2.96. The van der Waals surface area contributed by atoms with E-state index in [4.69, 9.17) is 9.94 Å². The average Bonchev–Trinajstić information content (AvgIpc) is 2.80. The fourth-order valence-corrected chi connectivity index (χ4v) is 2.96. The van der Waals surface area contributed by atoms with E-state index in [2.05, 4.69) is 23.7 Å². The van der Waals surface area contributed by atoms with Gasteiger partial charge in [-0.15, -0.1) is 0 Å². The molecule has 0 bridgehead atoms. The summed E-state index contributed by atoms with van der Waals surface area (Å²) >= 11 is 0. The second kappa shape index (κ2) is 8.22. The lowest BCUT2D eigenvalue weighted by Crippen LogP contribution is -2.41. The minimum absolute atomic E-state index is 0. The van der Waals surface area contributed by atoms with Crippen LogP contribution in [0.2, 0.25) is 0 Å². The first kappa shape index (κ1) is 19.1. The predicted molar refractivity (Wildman–Crippen MR) is 101 cm³/mol. The van der Waals surface area contributed by atoms with Crippen molar-refractivity contribution in [2.45, 2.75) is 26.4 Å². The number of hydrogen-bond donors (Lipinski definition) is 2. The molecule has 2 heterocycles. The summed E-state index contributed by atoms with van der Waals surface area (Å²) in [5.41, 5.74) is 4.12. The van der Waals surface area contributed by atoms with Crippen LogP contribution in [0, 0.1) is 5.92 Å². The number of carbonyl (C=O) groups excluding carboxylic acids is 1. The van der Waals surface area contributed by atoms with E-state index >= 15 is 0 Å². The van der Waals surface area contributed by atoms with Crippen LogP contribution in [-0.2, 0) is 6.54 Å². The van der Waals surface area contributed by atoms with Gasteiger partial charge in [0, 0.05) is 35.8 Å². The maximum atomic E-state index is 11.6. The molecule has 1 atom stereocenters. The Morgan fingerprint density at radius 2 is 2.04 bits per heavy atom. The molecule has 0 aliphatic carbocycles. The number of fused-ring (bicyclic) bond motifs is 1. The van der Waals surface area contributed by atoms with Crippen LogP contribution in [0.3, 0.4) is 0 Å². The smallest absolute Gasteiger partial charge is 0.274 e. The van der Waals surface area contributed by atoms with Gasteiger partial charge >= 0.3 is 0 Å². The van der Waals surface area contributed by atoms with Gasteiger partial charge in [-0.2, -0.15) is 13.5 Å². The minimum atomic E-state index is -0.544. The highest BCUT2D eigenvalue weighted by molar-refractivity contribution is 7.59. The molecule has 0 spiro atoms. The standard InChI is InChI=1S/C18H21N3O3.H2S/c1-12(2)16-11-24-17-9-13(18(22)20-23)3-4-14(17)10-21(16)15-5-7-19-8-6-15;/h3-9,12,16,23H,10-11H2,1-2H3,(H,20,22);1H2/t16-;/m1./s1. The highest BCUT2D eigenvalue weighted by Gasteiger charge is 2.28. The Morgan fingerprint density at radius 3 is 2.68 bits per heavy atom. The van der Waals surface area contributed by atoms with Crippen LogP contribution in [0.4, 0.5) is 5.69 Å². The summed E-state index contributed by atoms with van der Waals surface area (Å²) < 4.78 is 5.99. The molecule has 1 aromatic heterocycles. The maximum absolute atomic E-state index is 11.6. The maximum Gasteiger partial charge on any atom is 0.274 e. The second-order valence-corrected chi connectivity index (χ2v) is 6.22. The first-order valence-corrected chi connectivity index (χ1v) is 7.97. The number of hydrogen-bond acceptors (Lipinski definition) is 5. The van der Waals surface area contributed by atoms with Gasteiger partial charge in [-0.25, -0.2) is 5.48 Å². The van der Waals surface area contributed by atoms with E-state index in [1.807, 2.05) is 18.2 Å². The number of anilines is 1. The van der Waals surface area contributed by atoms with Gasteiger partial charge in [0.1, 0.15) is 12.4 Å². The Balaban J connectivity index is 0.00000225. The van der Waals surface area contributed by atoms with Crippen molar-refractivity contribution in [3.8, 4) is 5.75 Å². The quantitative estimate of drug-likeness (QED) is 0.649. The Bertz CT molecular complexity index is 725. The third-order valence-corrected chi connectivity index (χ3v) is 4.35. The number of hydroxylamine groups is 1. The molecule has 1 aromatic carbocycles. The van der Waals surface area contributed by atoms with Gasteiger partial charge in [-0.1, -0.05) is 19.9 Å². The zero-order valence-corrected chi connectivity index (χ0v) is 15.3. The molecule has 6 nitrogen and oxygen atoms in total. The highest BCUT2D eigenvalue weighted by Crippen LogP contribution is 2.31. The van der Waals surface area contributed by atoms with Crippen LogP contribution in [-0.4, -0.2) is 28.7 Å². The highest BCUT2D eigenvalue weighted by atomic mass is 32.1. The van der Waals surface area contributed by atoms with Crippen molar-refractivity contribution in [2.24, 2.45) is 5.92 Å². The van der Waals surface area contributed by atoms with Crippen molar-refractivity contribution in [1.29, 1.82) is 0 Å². The van der Waals surface area contributed by atoms with Crippen LogP contribution in [0.15, 0.2) is 42.7 Å². The molecular formula is C18H23N3O3S. The number of amides is 1. The number of rotatable bonds is 3. The van der Waals surface area contributed by atoms with E-state index in [0.717, 1.165) is 11.3 Å². The fraction of sp³-hybridized carbons (Fsp3) is 0.333. The number of ether oxygens (including phenoxy) is 1. The molecule has 25 heavy (non-hydrogen) atoms. The minimum Gasteiger partial charge on any atom is -0.491 e. The summed E-state index contributed by atoms with van der Waals surface area (Å²) in [6, 6.07) is 9.43. The van der Waals surface area contributed by atoms with Gasteiger partial charge in [0.25, 0.3) is 5.91 Å². The summed E-state index contributed by atoms with van der Waals surface area (Å²) in [6.07, 6.45) is 3.57. The monoisotopic (exact) mass is 361 g/mol. The summed E-state index contributed by atoms with van der Waals surface area (Å²) in [4.78, 5) is 18.0. The van der Waals surface area contributed by atoms with Crippen LogP contribution in [0.5, 0.6) is 5.75 Å². The largest absolute Gasteiger partial charge is 0.491 e. The summed E-state index contributed by atoms with van der Waals surface area (Å²) in [6.45, 7) is 5.55. The first-order valence-electron chi connectivity index (χ1n) is 7.97. The lowest BCUT2D eigenvalue weighted by molar-refractivity contribution is 0.0706. The molecule has 3 rings (SSSR count). The summed E-state index contributed by atoms with van der Waals surface area (Å²) in [5.74, 6) is 0.531. The van der Waals surface area contributed by atoms with Gasteiger partial charge in [0.2, 0.25) is 0 Å². The second-order valence-electron chi connectivity index (χ2n) is 6.22. The molecule has 2 N–H and O–H groups in total. The number of benzene rings is 1. The molecule has 1 amide bonds. The lowest BCUT2D eigenvalue weighted by Gasteiger charge is -2.33. The molecule has 134 valence electrons. The van der Waals surface area contributed by atoms with Crippen molar-refractivity contribution in [1.82, 2.24) is 10.5 Å². The lowest BCUT2D eigenvalue weighted by atomic mass is 10.0. The van der Waals surface area contributed by atoms with Crippen LogP contribution in [0.1, 0.15) is 29.8 Å². The number of nitrogens with one attached hydrogen (secondary N) is 1. The number of nitrogens with zero attached hydrogens (tertiary/aromatic N) is 2. The number of pyridine rings is 1. The average molecular weight is 361 g/mol. The van der Waals surface area contributed by atoms with E-state index in [-0.39, 0.29) is 19.5 Å². The molecule has 1 aliphatic rings. The van der Waals surface area contributed by atoms with Gasteiger partial charge in [0.15, 0.2) is 0 Å². The van der Waals surface area contributed by atoms with E-state index in [9.17, 15) is 4.79 Å². The molecular weight excluding hydrogens is 338 g/mol. The van der Waals surface area contributed by atoms with Crippen LogP contribution < -0.4 is 15.1 Å². The summed E-state index contributed by atoms with van der Waals surface area (Å²) in [7, 11) is 0. The third-order valence-electron chi connectivity index (χ3n) is 4.35. The van der Waals surface area contributed by atoms with Crippen molar-refractivity contribution in [2.75, 3.05) is 11.5 Å². The van der Waals surface area contributed by atoms with E-state index in [0.29, 0.717) is 30.4 Å². The topological polar surface area (TPSA) is 74.7 Å². The van der Waals surface area contributed by atoms with E-state index < -0.39 is 5.91 Å². The Morgan fingerprint density at radius 1 is 1.32 bits per heavy atom. The molecule has 0 fully saturated rings. The third kappa shape index (κ3) is 4.05. The van der Waals surface area contributed by atoms with E-state index in [1.165, 1.54) is 0 Å². The predicted octanol–water partition coefficient (Wildman–Crippen LogP) is 2.74. The molecule has 1 aliphatic heterocycles. The Hall–Kier alpha value is -2.25. The van der Waals surface area contributed by atoms with Crippen LogP contribution >= 0.6 is 13.5 Å². The van der Waals surface area contributed by atoms with Gasteiger partial charge < -0.3 is 9.64 Å². The number of aromatic nitrogens is 1. The van der Waals surface area contributed by atoms with Crippen molar-refractivity contribution < 1.29 is 14.7 Å². The van der Waals surface area contributed by atoms with Gasteiger partial charge in [-0.05, 0) is 30.2 Å². The molecule has 0 saturated carbocycles. The van der Waals surface area contributed by atoms with Crippen molar-refractivity contribution >= 4 is 25.1 Å². The molecule has 0 radical (unpaired) electrons. The zero-order valence-electron chi connectivity index (χ0n) is 14.3. The first-order chi connectivity index (χ1) is 11.6. The Labute approximate surface area is 154 Å². The number of carbonyl (C=O) groups is 1. The Kier molecular flexibility index (Phi) is 6.27. The molecule has 2 aromatic rings. The van der Waals surface area contributed by atoms with E-state index in [1.54, 1.807) is 30.0 Å². The summed E-state index contributed by atoms with van der Waals surface area (Å²) in [5, 5.41) is 8.80. The normalized spacial score (nSPS) is 16.3. The SMILES string of the molecule is CC(C)[C@H]1COc2cc(C(=O)NO)ccc2CN1c1ccncc1.S.